The number of benzene rings is 2. The summed E-state index contributed by atoms with van der Waals surface area (Å²) in [6.07, 6.45) is 1.42. The second kappa shape index (κ2) is 7.63. The summed E-state index contributed by atoms with van der Waals surface area (Å²) in [6.45, 7) is 10.1. The Bertz CT molecular complexity index is 1170. The highest BCUT2D eigenvalue weighted by Crippen LogP contribution is 2.39. The summed E-state index contributed by atoms with van der Waals surface area (Å²) >= 11 is 0. The quantitative estimate of drug-likeness (QED) is 0.600. The molecule has 1 aliphatic heterocycles. The van der Waals surface area contributed by atoms with Gasteiger partial charge < -0.3 is 4.52 Å². The lowest BCUT2D eigenvalue weighted by atomic mass is 10.0. The Balaban J connectivity index is 1.72. The van der Waals surface area contributed by atoms with E-state index in [1.165, 1.54) is 4.31 Å². The number of sulfonamides is 1. The van der Waals surface area contributed by atoms with Crippen LogP contribution in [0.1, 0.15) is 52.6 Å². The van der Waals surface area contributed by atoms with Crippen molar-refractivity contribution in [3.05, 3.63) is 64.0 Å². The van der Waals surface area contributed by atoms with E-state index < -0.39 is 16.1 Å². The number of rotatable bonds is 4. The molecule has 6 nitrogen and oxygen atoms in total. The number of aromatic nitrogens is 2. The third-order valence-corrected chi connectivity index (χ3v) is 8.29. The molecule has 0 saturated carbocycles. The second-order valence-corrected chi connectivity index (χ2v) is 10.0. The molecule has 1 fully saturated rings. The van der Waals surface area contributed by atoms with Crippen molar-refractivity contribution < 1.29 is 12.9 Å². The van der Waals surface area contributed by atoms with Crippen molar-refractivity contribution in [3.8, 4) is 11.4 Å². The number of hydrogen-bond acceptors (Lipinski definition) is 5. The van der Waals surface area contributed by atoms with Crippen LogP contribution in [0.25, 0.3) is 11.4 Å². The maximum atomic E-state index is 13.7. The molecule has 0 amide bonds. The monoisotopic (exact) mass is 425 g/mol. The SMILES string of the molecule is Cc1ccc(-c2noc([C@H]3CCCN3S(=O)(=O)c3c(C)c(C)cc(C)c3C)n2)cc1. The van der Waals surface area contributed by atoms with Gasteiger partial charge in [0, 0.05) is 12.1 Å². The normalized spacial score (nSPS) is 17.6. The van der Waals surface area contributed by atoms with E-state index in [0.29, 0.717) is 29.6 Å². The summed E-state index contributed by atoms with van der Waals surface area (Å²) < 4.78 is 34.5. The number of hydrogen-bond donors (Lipinski definition) is 0. The third-order valence-electron chi connectivity index (χ3n) is 6.10. The first-order valence-electron chi connectivity index (χ1n) is 10.2. The molecule has 0 bridgehead atoms. The van der Waals surface area contributed by atoms with E-state index in [2.05, 4.69) is 10.1 Å². The van der Waals surface area contributed by atoms with Crippen molar-refractivity contribution in [2.75, 3.05) is 6.54 Å². The molecule has 0 radical (unpaired) electrons. The molecule has 1 saturated heterocycles. The summed E-state index contributed by atoms with van der Waals surface area (Å²) in [5, 5.41) is 4.11. The molecule has 0 aliphatic carbocycles. The third kappa shape index (κ3) is 3.46. The predicted molar refractivity (Wildman–Crippen MR) is 116 cm³/mol. The van der Waals surface area contributed by atoms with Crippen LogP contribution < -0.4 is 0 Å². The molecule has 7 heteroatoms. The highest BCUT2D eigenvalue weighted by molar-refractivity contribution is 7.89. The molecule has 2 aromatic carbocycles. The summed E-state index contributed by atoms with van der Waals surface area (Å²) in [5.74, 6) is 0.833. The van der Waals surface area contributed by atoms with E-state index >= 15 is 0 Å². The molecular formula is C23H27N3O3S. The van der Waals surface area contributed by atoms with Crippen LogP contribution in [0.5, 0.6) is 0 Å². The zero-order chi connectivity index (χ0) is 21.6. The Morgan fingerprint density at radius 1 is 1.00 bits per heavy atom. The Hall–Kier alpha value is -2.51. The van der Waals surface area contributed by atoms with Crippen LogP contribution in [-0.4, -0.2) is 29.4 Å². The lowest BCUT2D eigenvalue weighted by Gasteiger charge is -2.25. The van der Waals surface area contributed by atoms with E-state index in [1.807, 2.05) is 65.0 Å². The van der Waals surface area contributed by atoms with E-state index in [0.717, 1.165) is 39.8 Å². The Morgan fingerprint density at radius 3 is 2.27 bits per heavy atom. The zero-order valence-corrected chi connectivity index (χ0v) is 18.9. The van der Waals surface area contributed by atoms with E-state index in [9.17, 15) is 8.42 Å². The minimum Gasteiger partial charge on any atom is -0.337 e. The maximum Gasteiger partial charge on any atom is 0.245 e. The van der Waals surface area contributed by atoms with Crippen LogP contribution in [0.4, 0.5) is 0 Å². The van der Waals surface area contributed by atoms with Gasteiger partial charge in [0.2, 0.25) is 21.7 Å². The fraction of sp³-hybridized carbons (Fsp3) is 0.391. The predicted octanol–water partition coefficient (Wildman–Crippen LogP) is 4.80. The lowest BCUT2D eigenvalue weighted by Crippen LogP contribution is -2.32. The molecule has 0 spiro atoms. The summed E-state index contributed by atoms with van der Waals surface area (Å²) in [6, 6.07) is 9.45. The minimum absolute atomic E-state index is 0.353. The fourth-order valence-electron chi connectivity index (χ4n) is 4.15. The molecule has 1 aliphatic rings. The van der Waals surface area contributed by atoms with Crippen molar-refractivity contribution in [3.63, 3.8) is 0 Å². The van der Waals surface area contributed by atoms with Gasteiger partial charge in [-0.2, -0.15) is 9.29 Å². The minimum atomic E-state index is -3.70. The summed E-state index contributed by atoms with van der Waals surface area (Å²) in [4.78, 5) is 4.95. The van der Waals surface area contributed by atoms with Gasteiger partial charge in [0.25, 0.3) is 0 Å². The smallest absolute Gasteiger partial charge is 0.245 e. The van der Waals surface area contributed by atoms with Gasteiger partial charge in [-0.05, 0) is 69.7 Å². The molecule has 0 unspecified atom stereocenters. The first-order valence-corrected chi connectivity index (χ1v) is 11.6. The summed E-state index contributed by atoms with van der Waals surface area (Å²) in [5.41, 5.74) is 5.56. The van der Waals surface area contributed by atoms with Crippen LogP contribution in [0, 0.1) is 34.6 Å². The molecule has 0 N–H and O–H groups in total. The number of aryl methyl sites for hydroxylation is 3. The standard InChI is InChI=1S/C23H27N3O3S/c1-14-8-10-19(11-9-14)22-24-23(29-25-22)20-7-6-12-26(20)30(27,28)21-17(4)15(2)13-16(3)18(21)5/h8-11,13,20H,6-7,12H2,1-5H3/t20-/m1/s1. The van der Waals surface area contributed by atoms with Crippen LogP contribution in [-0.2, 0) is 10.0 Å². The fourth-order valence-corrected chi connectivity index (χ4v) is 6.38. The van der Waals surface area contributed by atoms with Gasteiger partial charge in [-0.15, -0.1) is 0 Å². The van der Waals surface area contributed by atoms with Gasteiger partial charge in [-0.1, -0.05) is 41.1 Å². The Labute approximate surface area is 178 Å². The van der Waals surface area contributed by atoms with Crippen molar-refractivity contribution in [2.24, 2.45) is 0 Å². The zero-order valence-electron chi connectivity index (χ0n) is 18.1. The topological polar surface area (TPSA) is 76.3 Å². The largest absolute Gasteiger partial charge is 0.337 e. The van der Waals surface area contributed by atoms with E-state index in [-0.39, 0.29) is 0 Å². The first kappa shape index (κ1) is 20.8. The van der Waals surface area contributed by atoms with Gasteiger partial charge >= 0.3 is 0 Å². The molecule has 4 rings (SSSR count). The van der Waals surface area contributed by atoms with E-state index in [4.69, 9.17) is 4.52 Å². The highest BCUT2D eigenvalue weighted by Gasteiger charge is 2.41. The second-order valence-electron chi connectivity index (χ2n) is 8.19. The molecule has 1 atom stereocenters. The van der Waals surface area contributed by atoms with Crippen molar-refractivity contribution in [1.82, 2.24) is 14.4 Å². The Kier molecular flexibility index (Phi) is 5.28. The first-order chi connectivity index (χ1) is 14.2. The van der Waals surface area contributed by atoms with Gasteiger partial charge in [0.15, 0.2) is 0 Å². The average Bonchev–Trinajstić information content (AvgIpc) is 3.36. The van der Waals surface area contributed by atoms with Crippen molar-refractivity contribution >= 4 is 10.0 Å². The highest BCUT2D eigenvalue weighted by atomic mass is 32.2. The number of nitrogens with zero attached hydrogens (tertiary/aromatic N) is 3. The molecule has 30 heavy (non-hydrogen) atoms. The molecule has 158 valence electrons. The van der Waals surface area contributed by atoms with Crippen LogP contribution in [0.15, 0.2) is 39.8 Å². The van der Waals surface area contributed by atoms with Crippen molar-refractivity contribution in [2.45, 2.75) is 58.4 Å². The molecular weight excluding hydrogens is 398 g/mol. The summed E-state index contributed by atoms with van der Waals surface area (Å²) in [7, 11) is -3.70. The molecule has 2 heterocycles. The van der Waals surface area contributed by atoms with Gasteiger partial charge in [0.1, 0.15) is 6.04 Å². The molecule has 1 aromatic heterocycles. The van der Waals surface area contributed by atoms with Gasteiger partial charge in [-0.25, -0.2) is 8.42 Å². The van der Waals surface area contributed by atoms with Crippen LogP contribution in [0.2, 0.25) is 0 Å². The van der Waals surface area contributed by atoms with Gasteiger partial charge in [0.05, 0.1) is 4.90 Å². The lowest BCUT2D eigenvalue weighted by molar-refractivity contribution is 0.290. The van der Waals surface area contributed by atoms with Crippen LogP contribution >= 0.6 is 0 Å². The van der Waals surface area contributed by atoms with Gasteiger partial charge in [-0.3, -0.25) is 0 Å². The average molecular weight is 426 g/mol. The molecule has 3 aromatic rings. The van der Waals surface area contributed by atoms with E-state index in [1.54, 1.807) is 0 Å². The Morgan fingerprint density at radius 2 is 1.63 bits per heavy atom. The van der Waals surface area contributed by atoms with Crippen molar-refractivity contribution in [1.29, 1.82) is 0 Å². The van der Waals surface area contributed by atoms with Crippen LogP contribution in [0.3, 0.4) is 0 Å². The maximum absolute atomic E-state index is 13.7.